The van der Waals surface area contributed by atoms with Crippen molar-refractivity contribution in [1.29, 1.82) is 0 Å². The van der Waals surface area contributed by atoms with E-state index in [1.165, 1.54) is 0 Å². The number of nitrogens with zero attached hydrogens (tertiary/aromatic N) is 2. The zero-order valence-electron chi connectivity index (χ0n) is 9.72. The smallest absolute Gasteiger partial charge is 0.220 e. The highest BCUT2D eigenvalue weighted by Gasteiger charge is 2.02. The molecule has 3 N–H and O–H groups in total. The van der Waals surface area contributed by atoms with Gasteiger partial charge in [0.25, 0.3) is 0 Å². The van der Waals surface area contributed by atoms with Gasteiger partial charge >= 0.3 is 0 Å². The minimum Gasteiger partial charge on any atom is -0.356 e. The summed E-state index contributed by atoms with van der Waals surface area (Å²) in [5, 5.41) is 6.94. The number of nitrogens with two attached hydrogens (primary N) is 1. The molecule has 0 aliphatic rings. The van der Waals surface area contributed by atoms with Crippen molar-refractivity contribution in [3.05, 3.63) is 18.5 Å². The molecule has 5 heteroatoms. The Labute approximate surface area is 96.0 Å². The highest BCUT2D eigenvalue weighted by Crippen LogP contribution is 1.93. The highest BCUT2D eigenvalue weighted by molar-refractivity contribution is 5.75. The number of rotatable bonds is 7. The van der Waals surface area contributed by atoms with E-state index in [-0.39, 0.29) is 11.9 Å². The molecule has 0 radical (unpaired) electrons. The van der Waals surface area contributed by atoms with Crippen molar-refractivity contribution in [3.8, 4) is 0 Å². The summed E-state index contributed by atoms with van der Waals surface area (Å²) in [6, 6.07) is 1.98. The number of amides is 1. The molecule has 0 spiro atoms. The third-order valence-electron chi connectivity index (χ3n) is 2.27. The van der Waals surface area contributed by atoms with Crippen molar-refractivity contribution in [3.63, 3.8) is 0 Å². The van der Waals surface area contributed by atoms with E-state index in [9.17, 15) is 4.79 Å². The maximum absolute atomic E-state index is 11.3. The van der Waals surface area contributed by atoms with E-state index in [1.54, 1.807) is 6.20 Å². The van der Waals surface area contributed by atoms with Gasteiger partial charge in [-0.1, -0.05) is 0 Å². The maximum atomic E-state index is 11.3. The number of carbonyl (C=O) groups excluding carboxylic acids is 1. The summed E-state index contributed by atoms with van der Waals surface area (Å²) in [7, 11) is 0. The molecule has 0 aliphatic heterocycles. The Hall–Kier alpha value is -1.36. The molecule has 0 bridgehead atoms. The van der Waals surface area contributed by atoms with Gasteiger partial charge in [-0.05, 0) is 25.8 Å². The van der Waals surface area contributed by atoms with E-state index in [2.05, 4.69) is 10.4 Å². The Morgan fingerprint density at radius 1 is 1.62 bits per heavy atom. The quantitative estimate of drug-likeness (QED) is 0.663. The van der Waals surface area contributed by atoms with Gasteiger partial charge in [0.15, 0.2) is 0 Å². The van der Waals surface area contributed by atoms with E-state index >= 15 is 0 Å². The Balaban J connectivity index is 2.00. The SMILES string of the molecule is CC(N)CCC(=O)NCCCn1cccn1. The lowest BCUT2D eigenvalue weighted by Crippen LogP contribution is -2.27. The molecule has 0 aromatic carbocycles. The summed E-state index contributed by atoms with van der Waals surface area (Å²) in [5.74, 6) is 0.0813. The molecule has 5 nitrogen and oxygen atoms in total. The predicted octanol–water partition coefficient (Wildman–Crippen LogP) is 0.517. The Kier molecular flexibility index (Phi) is 5.56. The first-order valence-electron chi connectivity index (χ1n) is 5.68. The first-order chi connectivity index (χ1) is 7.68. The maximum Gasteiger partial charge on any atom is 0.220 e. The van der Waals surface area contributed by atoms with Crippen molar-refractivity contribution in [2.24, 2.45) is 5.73 Å². The number of hydrogen-bond acceptors (Lipinski definition) is 3. The van der Waals surface area contributed by atoms with Crippen LogP contribution in [-0.4, -0.2) is 28.3 Å². The lowest BCUT2D eigenvalue weighted by Gasteiger charge is -2.06. The van der Waals surface area contributed by atoms with Gasteiger partial charge in [-0.25, -0.2) is 0 Å². The van der Waals surface area contributed by atoms with E-state index < -0.39 is 0 Å². The fourth-order valence-electron chi connectivity index (χ4n) is 1.35. The van der Waals surface area contributed by atoms with Crippen molar-refractivity contribution in [2.75, 3.05) is 6.54 Å². The topological polar surface area (TPSA) is 72.9 Å². The first-order valence-corrected chi connectivity index (χ1v) is 5.68. The van der Waals surface area contributed by atoms with Crippen LogP contribution in [0, 0.1) is 0 Å². The van der Waals surface area contributed by atoms with Crippen LogP contribution in [0.2, 0.25) is 0 Å². The molecule has 1 heterocycles. The summed E-state index contributed by atoms with van der Waals surface area (Å²) in [4.78, 5) is 11.3. The molecule has 0 saturated heterocycles. The van der Waals surface area contributed by atoms with Gasteiger partial charge in [-0.2, -0.15) is 5.10 Å². The Bertz CT molecular complexity index is 295. The predicted molar refractivity (Wildman–Crippen MR) is 62.7 cm³/mol. The van der Waals surface area contributed by atoms with Gasteiger partial charge in [-0.15, -0.1) is 0 Å². The number of aryl methyl sites for hydroxylation is 1. The fourth-order valence-corrected chi connectivity index (χ4v) is 1.35. The van der Waals surface area contributed by atoms with Crippen LogP contribution in [0.5, 0.6) is 0 Å². The molecule has 1 rings (SSSR count). The largest absolute Gasteiger partial charge is 0.356 e. The first kappa shape index (κ1) is 12.7. The number of carbonyl (C=O) groups is 1. The van der Waals surface area contributed by atoms with Crippen LogP contribution >= 0.6 is 0 Å². The molecule has 1 amide bonds. The second-order valence-electron chi connectivity index (χ2n) is 3.99. The average Bonchev–Trinajstić information content (AvgIpc) is 2.74. The number of nitrogens with one attached hydrogen (secondary N) is 1. The molecular formula is C11H20N4O. The van der Waals surface area contributed by atoms with Gasteiger partial charge in [0.05, 0.1) is 0 Å². The summed E-state index contributed by atoms with van der Waals surface area (Å²) in [5.41, 5.74) is 5.57. The summed E-state index contributed by atoms with van der Waals surface area (Å²) < 4.78 is 1.86. The Morgan fingerprint density at radius 3 is 3.06 bits per heavy atom. The highest BCUT2D eigenvalue weighted by atomic mass is 16.1. The fraction of sp³-hybridized carbons (Fsp3) is 0.636. The molecule has 1 atom stereocenters. The molecule has 90 valence electrons. The molecule has 16 heavy (non-hydrogen) atoms. The normalized spacial score (nSPS) is 12.4. The Morgan fingerprint density at radius 2 is 2.44 bits per heavy atom. The van der Waals surface area contributed by atoms with Crippen LogP contribution in [0.25, 0.3) is 0 Å². The van der Waals surface area contributed by atoms with Crippen LogP contribution in [0.1, 0.15) is 26.2 Å². The second-order valence-corrected chi connectivity index (χ2v) is 3.99. The van der Waals surface area contributed by atoms with E-state index in [0.29, 0.717) is 13.0 Å². The summed E-state index contributed by atoms with van der Waals surface area (Å²) in [6.07, 6.45) is 5.81. The molecule has 1 aromatic rings. The molecule has 1 unspecified atom stereocenters. The standard InChI is InChI=1S/C11H20N4O/c1-10(12)4-5-11(16)13-6-2-8-15-9-3-7-14-15/h3,7,9-10H,2,4-6,8,12H2,1H3,(H,13,16). The van der Waals surface area contributed by atoms with Gasteiger partial charge < -0.3 is 11.1 Å². The van der Waals surface area contributed by atoms with E-state index in [0.717, 1.165) is 19.4 Å². The van der Waals surface area contributed by atoms with Crippen LogP contribution in [-0.2, 0) is 11.3 Å². The zero-order chi connectivity index (χ0) is 11.8. The van der Waals surface area contributed by atoms with Crippen molar-refractivity contribution in [1.82, 2.24) is 15.1 Å². The molecule has 1 aromatic heterocycles. The van der Waals surface area contributed by atoms with Crippen LogP contribution < -0.4 is 11.1 Å². The average molecular weight is 224 g/mol. The second kappa shape index (κ2) is 7.00. The van der Waals surface area contributed by atoms with Gasteiger partial charge in [0.1, 0.15) is 0 Å². The molecular weight excluding hydrogens is 204 g/mol. The van der Waals surface area contributed by atoms with Crippen molar-refractivity contribution in [2.45, 2.75) is 38.8 Å². The monoisotopic (exact) mass is 224 g/mol. The van der Waals surface area contributed by atoms with Crippen LogP contribution in [0.4, 0.5) is 0 Å². The van der Waals surface area contributed by atoms with Crippen molar-refractivity contribution < 1.29 is 4.79 Å². The molecule has 0 saturated carbocycles. The zero-order valence-corrected chi connectivity index (χ0v) is 9.72. The molecule has 0 aliphatic carbocycles. The van der Waals surface area contributed by atoms with Gasteiger partial charge in [0, 0.05) is 37.9 Å². The molecule has 0 fully saturated rings. The third kappa shape index (κ3) is 5.50. The lowest BCUT2D eigenvalue weighted by molar-refractivity contribution is -0.121. The minimum absolute atomic E-state index is 0.0813. The van der Waals surface area contributed by atoms with Crippen LogP contribution in [0.15, 0.2) is 18.5 Å². The minimum atomic E-state index is 0.0813. The third-order valence-corrected chi connectivity index (χ3v) is 2.27. The number of hydrogen-bond donors (Lipinski definition) is 2. The summed E-state index contributed by atoms with van der Waals surface area (Å²) in [6.45, 7) is 3.43. The van der Waals surface area contributed by atoms with E-state index in [1.807, 2.05) is 23.9 Å². The van der Waals surface area contributed by atoms with Crippen LogP contribution in [0.3, 0.4) is 0 Å². The van der Waals surface area contributed by atoms with E-state index in [4.69, 9.17) is 5.73 Å². The van der Waals surface area contributed by atoms with Crippen molar-refractivity contribution >= 4 is 5.91 Å². The van der Waals surface area contributed by atoms with Gasteiger partial charge in [-0.3, -0.25) is 9.48 Å². The van der Waals surface area contributed by atoms with Gasteiger partial charge in [0.2, 0.25) is 5.91 Å². The number of aromatic nitrogens is 2. The lowest BCUT2D eigenvalue weighted by atomic mass is 10.2. The summed E-state index contributed by atoms with van der Waals surface area (Å²) >= 11 is 0.